The number of anilines is 1. The maximum absolute atomic E-state index is 12.8. The molecule has 0 aliphatic heterocycles. The standard InChI is InChI=1S/C31H30F3N3O4/c1-19(2)37-28-17-25(40-16-15-39-4)13-14-26(28)27(18-35)29(37)22-7-11-24(12-8-22)36-30(38)41-20(3)21-5-9-23(10-6-21)31(32,33)34/h5-14,17,19-20H,15-16H2,1-4H3,(H,36,38). The lowest BCUT2D eigenvalue weighted by Crippen LogP contribution is -2.16. The van der Waals surface area contributed by atoms with Gasteiger partial charge in [0.25, 0.3) is 0 Å². The number of benzene rings is 3. The van der Waals surface area contributed by atoms with Gasteiger partial charge in [0.2, 0.25) is 0 Å². The summed E-state index contributed by atoms with van der Waals surface area (Å²) in [6.45, 7) is 6.51. The predicted molar refractivity (Wildman–Crippen MR) is 150 cm³/mol. The monoisotopic (exact) mass is 565 g/mol. The first-order chi connectivity index (χ1) is 19.5. The maximum atomic E-state index is 12.8. The van der Waals surface area contributed by atoms with Gasteiger partial charge in [-0.05, 0) is 68.3 Å². The molecule has 3 aromatic carbocycles. The first-order valence-corrected chi connectivity index (χ1v) is 13.0. The molecule has 0 saturated carbocycles. The van der Waals surface area contributed by atoms with Crippen molar-refractivity contribution >= 4 is 22.7 Å². The van der Waals surface area contributed by atoms with Crippen molar-refractivity contribution < 1.29 is 32.2 Å². The first kappa shape index (κ1) is 29.5. The van der Waals surface area contributed by atoms with Gasteiger partial charge in [-0.3, -0.25) is 5.32 Å². The molecule has 214 valence electrons. The molecule has 0 spiro atoms. The molecule has 10 heteroatoms. The molecule has 0 bridgehead atoms. The molecule has 1 N–H and O–H groups in total. The summed E-state index contributed by atoms with van der Waals surface area (Å²) in [7, 11) is 1.61. The largest absolute Gasteiger partial charge is 0.491 e. The third kappa shape index (κ3) is 6.64. The van der Waals surface area contributed by atoms with E-state index in [1.54, 1.807) is 38.3 Å². The molecule has 0 fully saturated rings. The van der Waals surface area contributed by atoms with Crippen LogP contribution >= 0.6 is 0 Å². The third-order valence-corrected chi connectivity index (χ3v) is 6.56. The minimum absolute atomic E-state index is 0.0308. The molecule has 1 heterocycles. The number of rotatable bonds is 9. The maximum Gasteiger partial charge on any atom is 0.416 e. The Kier molecular flexibility index (Phi) is 8.89. The van der Waals surface area contributed by atoms with Crippen LogP contribution in [0.1, 0.15) is 49.6 Å². The van der Waals surface area contributed by atoms with E-state index in [-0.39, 0.29) is 6.04 Å². The fourth-order valence-electron chi connectivity index (χ4n) is 4.59. The molecule has 4 aromatic rings. The van der Waals surface area contributed by atoms with Gasteiger partial charge in [0.1, 0.15) is 24.5 Å². The molecule has 1 aromatic heterocycles. The molecule has 1 amide bonds. The fourth-order valence-corrected chi connectivity index (χ4v) is 4.59. The van der Waals surface area contributed by atoms with Crippen LogP contribution in [0.25, 0.3) is 22.2 Å². The van der Waals surface area contributed by atoms with Gasteiger partial charge in [-0.15, -0.1) is 0 Å². The number of nitrogens with one attached hydrogen (secondary N) is 1. The number of hydrogen-bond donors (Lipinski definition) is 1. The minimum atomic E-state index is -4.44. The lowest BCUT2D eigenvalue weighted by molar-refractivity contribution is -0.137. The van der Waals surface area contributed by atoms with Crippen LogP contribution in [0.2, 0.25) is 0 Å². The van der Waals surface area contributed by atoms with Crippen molar-refractivity contribution in [2.24, 2.45) is 0 Å². The van der Waals surface area contributed by atoms with Crippen LogP contribution in [0.3, 0.4) is 0 Å². The van der Waals surface area contributed by atoms with Crippen molar-refractivity contribution in [2.75, 3.05) is 25.6 Å². The highest BCUT2D eigenvalue weighted by molar-refractivity contribution is 5.95. The summed E-state index contributed by atoms with van der Waals surface area (Å²) in [6, 6.07) is 19.5. The van der Waals surface area contributed by atoms with Crippen molar-refractivity contribution in [1.29, 1.82) is 5.26 Å². The molecule has 0 aliphatic rings. The van der Waals surface area contributed by atoms with E-state index in [0.29, 0.717) is 35.8 Å². The van der Waals surface area contributed by atoms with Gasteiger partial charge < -0.3 is 18.8 Å². The minimum Gasteiger partial charge on any atom is -0.491 e. The molecule has 41 heavy (non-hydrogen) atoms. The molecule has 1 unspecified atom stereocenters. The Morgan fingerprint density at radius 3 is 2.27 bits per heavy atom. The van der Waals surface area contributed by atoms with Crippen LogP contribution in [-0.4, -0.2) is 31.0 Å². The third-order valence-electron chi connectivity index (χ3n) is 6.56. The Morgan fingerprint density at radius 2 is 1.68 bits per heavy atom. The quantitative estimate of drug-likeness (QED) is 0.207. The van der Waals surface area contributed by atoms with Gasteiger partial charge in [0.05, 0.1) is 28.9 Å². The van der Waals surface area contributed by atoms with Gasteiger partial charge in [0, 0.05) is 30.3 Å². The van der Waals surface area contributed by atoms with Gasteiger partial charge in [-0.25, -0.2) is 4.79 Å². The molecule has 1 atom stereocenters. The van der Waals surface area contributed by atoms with Crippen molar-refractivity contribution in [3.05, 3.63) is 83.4 Å². The second kappa shape index (κ2) is 12.4. The van der Waals surface area contributed by atoms with Crippen molar-refractivity contribution in [1.82, 2.24) is 4.57 Å². The SMILES string of the molecule is COCCOc1ccc2c(C#N)c(-c3ccc(NC(=O)OC(C)c4ccc(C(F)(F)F)cc4)cc3)n(C(C)C)c2c1. The molecule has 4 rings (SSSR count). The second-order valence-electron chi connectivity index (χ2n) is 9.69. The molecule has 0 aliphatic carbocycles. The van der Waals surface area contributed by atoms with E-state index >= 15 is 0 Å². The predicted octanol–water partition coefficient (Wildman–Crippen LogP) is 8.11. The van der Waals surface area contributed by atoms with Crippen LogP contribution in [0, 0.1) is 11.3 Å². The number of aromatic nitrogens is 1. The van der Waals surface area contributed by atoms with Gasteiger partial charge >= 0.3 is 12.3 Å². The zero-order chi connectivity index (χ0) is 29.7. The summed E-state index contributed by atoms with van der Waals surface area (Å²) >= 11 is 0. The van der Waals surface area contributed by atoms with Crippen LogP contribution in [0.15, 0.2) is 66.7 Å². The number of carbonyl (C=O) groups is 1. The molecular formula is C31H30F3N3O4. The average molecular weight is 566 g/mol. The Bertz CT molecular complexity index is 1550. The summed E-state index contributed by atoms with van der Waals surface area (Å²) in [5.41, 5.74) is 3.04. The van der Waals surface area contributed by atoms with Crippen molar-refractivity contribution in [2.45, 2.75) is 39.1 Å². The number of methoxy groups -OCH3 is 1. The molecule has 7 nitrogen and oxygen atoms in total. The number of halogens is 3. The van der Waals surface area contributed by atoms with Crippen LogP contribution < -0.4 is 10.1 Å². The number of alkyl halides is 3. The average Bonchev–Trinajstić information content (AvgIpc) is 3.27. The lowest BCUT2D eigenvalue weighted by atomic mass is 10.1. The number of nitriles is 1. The van der Waals surface area contributed by atoms with E-state index in [2.05, 4.69) is 16.0 Å². The first-order valence-electron chi connectivity index (χ1n) is 13.0. The topological polar surface area (TPSA) is 85.5 Å². The van der Waals surface area contributed by atoms with E-state index in [0.717, 1.165) is 34.3 Å². The van der Waals surface area contributed by atoms with E-state index < -0.39 is 23.9 Å². The molecular weight excluding hydrogens is 535 g/mol. The summed E-state index contributed by atoms with van der Waals surface area (Å²) < 4.78 is 56.7. The van der Waals surface area contributed by atoms with Crippen LogP contribution in [0.5, 0.6) is 5.75 Å². The van der Waals surface area contributed by atoms with E-state index in [9.17, 15) is 23.2 Å². The number of amides is 1. The normalized spacial score (nSPS) is 12.3. The number of nitrogens with zero attached hydrogens (tertiary/aromatic N) is 2. The van der Waals surface area contributed by atoms with Gasteiger partial charge in [-0.2, -0.15) is 18.4 Å². The Hall–Kier alpha value is -4.49. The number of carbonyl (C=O) groups excluding carboxylic acids is 1. The summed E-state index contributed by atoms with van der Waals surface area (Å²) in [5.74, 6) is 0.675. The Balaban J connectivity index is 1.53. The zero-order valence-corrected chi connectivity index (χ0v) is 23.1. The van der Waals surface area contributed by atoms with Crippen LogP contribution in [-0.2, 0) is 15.7 Å². The molecule has 0 radical (unpaired) electrons. The molecule has 0 saturated heterocycles. The number of fused-ring (bicyclic) bond motifs is 1. The number of ether oxygens (including phenoxy) is 3. The van der Waals surface area contributed by atoms with Crippen molar-refractivity contribution in [3.8, 4) is 23.1 Å². The fraction of sp³-hybridized carbons (Fsp3) is 0.290. The van der Waals surface area contributed by atoms with Crippen molar-refractivity contribution in [3.63, 3.8) is 0 Å². The zero-order valence-electron chi connectivity index (χ0n) is 23.1. The van der Waals surface area contributed by atoms with E-state index in [1.807, 2.05) is 32.0 Å². The second-order valence-corrected chi connectivity index (χ2v) is 9.69. The Morgan fingerprint density at radius 1 is 1.00 bits per heavy atom. The van der Waals surface area contributed by atoms with Gasteiger partial charge in [0.15, 0.2) is 0 Å². The summed E-state index contributed by atoms with van der Waals surface area (Å²) in [5, 5.41) is 13.5. The highest BCUT2D eigenvalue weighted by Crippen LogP contribution is 2.38. The smallest absolute Gasteiger partial charge is 0.416 e. The lowest BCUT2D eigenvalue weighted by Gasteiger charge is -2.17. The van der Waals surface area contributed by atoms with E-state index in [4.69, 9.17) is 14.2 Å². The van der Waals surface area contributed by atoms with E-state index in [1.165, 1.54) is 12.1 Å². The summed E-state index contributed by atoms with van der Waals surface area (Å²) in [4.78, 5) is 12.5. The summed E-state index contributed by atoms with van der Waals surface area (Å²) in [6.07, 6.45) is -5.95. The Labute approximate surface area is 236 Å². The number of hydrogen-bond acceptors (Lipinski definition) is 5. The van der Waals surface area contributed by atoms with Crippen LogP contribution in [0.4, 0.5) is 23.7 Å². The highest BCUT2D eigenvalue weighted by atomic mass is 19.4. The van der Waals surface area contributed by atoms with Gasteiger partial charge in [-0.1, -0.05) is 24.3 Å². The highest BCUT2D eigenvalue weighted by Gasteiger charge is 2.30.